The van der Waals surface area contributed by atoms with Gasteiger partial charge in [-0.25, -0.2) is 0 Å². The molecule has 0 N–H and O–H groups in total. The highest BCUT2D eigenvalue weighted by Crippen LogP contribution is 2.01. The van der Waals surface area contributed by atoms with Gasteiger partial charge in [0.1, 0.15) is 0 Å². The Balaban J connectivity index is 2.66. The molecule has 0 bridgehead atoms. The molecule has 42 valence electrons. The van der Waals surface area contributed by atoms with E-state index in [1.165, 1.54) is 6.20 Å². The third-order valence-corrected chi connectivity index (χ3v) is 0.960. The highest BCUT2D eigenvalue weighted by atomic mass is 16.2. The molecule has 3 nitrogen and oxygen atoms in total. The Bertz CT molecular complexity index is 151. The lowest BCUT2D eigenvalue weighted by atomic mass is 10.5. The molecule has 3 heteroatoms. The second kappa shape index (κ2) is 1.78. The largest absolute Gasteiger partial charge is 0.278 e. The van der Waals surface area contributed by atoms with Gasteiger partial charge < -0.3 is 0 Å². The molecule has 0 spiro atoms. The van der Waals surface area contributed by atoms with E-state index < -0.39 is 0 Å². The lowest BCUT2D eigenvalue weighted by Crippen LogP contribution is -2.17. The van der Waals surface area contributed by atoms with E-state index in [1.54, 1.807) is 6.08 Å². The summed E-state index contributed by atoms with van der Waals surface area (Å²) < 4.78 is 0. The highest BCUT2D eigenvalue weighted by molar-refractivity contribution is 5.90. The highest BCUT2D eigenvalue weighted by Gasteiger charge is 2.11. The Morgan fingerprint density at radius 1 is 1.75 bits per heavy atom. The molecule has 2 amide bonds. The fraction of sp³-hybridized carbons (Fsp3) is 0.200. The first-order valence-electron chi connectivity index (χ1n) is 2.27. The molecule has 0 aromatic carbocycles. The van der Waals surface area contributed by atoms with Crippen molar-refractivity contribution >= 4 is 12.3 Å². The second-order valence-electron chi connectivity index (χ2n) is 1.50. The molecule has 0 unspecified atom stereocenters. The number of imide groups is 1. The second-order valence-corrected chi connectivity index (χ2v) is 1.50. The number of hydrogen-bond acceptors (Lipinski definition) is 2. The Morgan fingerprint density at radius 2 is 2.50 bits per heavy atom. The van der Waals surface area contributed by atoms with E-state index in [0.29, 0.717) is 12.8 Å². The van der Waals surface area contributed by atoms with Gasteiger partial charge in [-0.2, -0.15) is 0 Å². The van der Waals surface area contributed by atoms with Gasteiger partial charge in [-0.3, -0.25) is 14.5 Å². The standard InChI is InChI=1S/C5H5NO2/c7-4-6-3-1-2-5(6)8/h1,3-4H,2H2. The van der Waals surface area contributed by atoms with Crippen LogP contribution in [0.4, 0.5) is 0 Å². The van der Waals surface area contributed by atoms with Gasteiger partial charge in [0, 0.05) is 12.6 Å². The third kappa shape index (κ3) is 0.621. The topological polar surface area (TPSA) is 37.4 Å². The molecule has 0 saturated heterocycles. The van der Waals surface area contributed by atoms with Crippen LogP contribution in [-0.4, -0.2) is 17.2 Å². The summed E-state index contributed by atoms with van der Waals surface area (Å²) in [5.74, 6) is -0.153. The quantitative estimate of drug-likeness (QED) is 0.443. The van der Waals surface area contributed by atoms with Crippen molar-refractivity contribution < 1.29 is 9.59 Å². The first-order chi connectivity index (χ1) is 3.84. The van der Waals surface area contributed by atoms with Crippen molar-refractivity contribution in [2.45, 2.75) is 6.42 Å². The Kier molecular flexibility index (Phi) is 1.12. The molecule has 0 aliphatic carbocycles. The molecular formula is C5H5NO2. The van der Waals surface area contributed by atoms with E-state index in [2.05, 4.69) is 0 Å². The number of rotatable bonds is 1. The smallest absolute Gasteiger partial charge is 0.236 e. The SMILES string of the molecule is O=CN1C=CCC1=O. The summed E-state index contributed by atoms with van der Waals surface area (Å²) in [5.41, 5.74) is 0. The molecule has 1 heterocycles. The van der Waals surface area contributed by atoms with Crippen LogP contribution >= 0.6 is 0 Å². The molecule has 0 atom stereocenters. The summed E-state index contributed by atoms with van der Waals surface area (Å²) in [6.07, 6.45) is 3.98. The monoisotopic (exact) mass is 111 g/mol. The maximum absolute atomic E-state index is 10.4. The van der Waals surface area contributed by atoms with Crippen LogP contribution < -0.4 is 0 Å². The number of amides is 2. The minimum Gasteiger partial charge on any atom is -0.278 e. The van der Waals surface area contributed by atoms with Crippen LogP contribution in [0.2, 0.25) is 0 Å². The maximum atomic E-state index is 10.4. The fourth-order valence-electron chi connectivity index (χ4n) is 0.550. The third-order valence-electron chi connectivity index (χ3n) is 0.960. The van der Waals surface area contributed by atoms with E-state index in [4.69, 9.17) is 0 Å². The molecule has 1 aliphatic rings. The number of nitrogens with zero attached hydrogens (tertiary/aromatic N) is 1. The van der Waals surface area contributed by atoms with Crippen molar-refractivity contribution in [3.05, 3.63) is 12.3 Å². The summed E-state index contributed by atoms with van der Waals surface area (Å²) >= 11 is 0. The zero-order valence-corrected chi connectivity index (χ0v) is 4.20. The van der Waals surface area contributed by atoms with Gasteiger partial charge >= 0.3 is 0 Å². The lowest BCUT2D eigenvalue weighted by molar-refractivity contribution is -0.133. The van der Waals surface area contributed by atoms with Crippen LogP contribution in [0.1, 0.15) is 6.42 Å². The number of hydrogen-bond donors (Lipinski definition) is 0. The van der Waals surface area contributed by atoms with Gasteiger partial charge in [0.05, 0.1) is 0 Å². The van der Waals surface area contributed by atoms with Crippen molar-refractivity contribution in [3.63, 3.8) is 0 Å². The summed E-state index contributed by atoms with van der Waals surface area (Å²) in [6.45, 7) is 0. The van der Waals surface area contributed by atoms with Crippen molar-refractivity contribution in [2.75, 3.05) is 0 Å². The summed E-state index contributed by atoms with van der Waals surface area (Å²) in [6, 6.07) is 0. The normalized spacial score (nSPS) is 17.5. The molecule has 0 saturated carbocycles. The summed E-state index contributed by atoms with van der Waals surface area (Å²) in [4.78, 5) is 21.3. The van der Waals surface area contributed by atoms with E-state index in [0.717, 1.165) is 4.90 Å². The Hall–Kier alpha value is -1.12. The zero-order valence-electron chi connectivity index (χ0n) is 4.20. The van der Waals surface area contributed by atoms with E-state index in [9.17, 15) is 9.59 Å². The zero-order chi connectivity index (χ0) is 5.98. The van der Waals surface area contributed by atoms with Gasteiger partial charge in [-0.1, -0.05) is 6.08 Å². The predicted molar refractivity (Wildman–Crippen MR) is 26.7 cm³/mol. The number of carbonyl (C=O) groups excluding carboxylic acids is 2. The predicted octanol–water partition coefficient (Wildman–Crippen LogP) is -0.111. The van der Waals surface area contributed by atoms with Crippen molar-refractivity contribution in [1.82, 2.24) is 4.90 Å². The minimum absolute atomic E-state index is 0.153. The maximum Gasteiger partial charge on any atom is 0.236 e. The molecule has 1 rings (SSSR count). The number of carbonyl (C=O) groups is 2. The summed E-state index contributed by atoms with van der Waals surface area (Å²) in [7, 11) is 0. The van der Waals surface area contributed by atoms with Crippen LogP contribution in [0, 0.1) is 0 Å². The van der Waals surface area contributed by atoms with Crippen LogP contribution in [0.25, 0.3) is 0 Å². The first kappa shape index (κ1) is 5.03. The van der Waals surface area contributed by atoms with E-state index >= 15 is 0 Å². The van der Waals surface area contributed by atoms with Gasteiger partial charge in [-0.15, -0.1) is 0 Å². The van der Waals surface area contributed by atoms with Crippen molar-refractivity contribution in [1.29, 1.82) is 0 Å². The molecule has 0 radical (unpaired) electrons. The van der Waals surface area contributed by atoms with Crippen LogP contribution in [0.15, 0.2) is 12.3 Å². The first-order valence-corrected chi connectivity index (χ1v) is 2.27. The van der Waals surface area contributed by atoms with Crippen LogP contribution in [0.5, 0.6) is 0 Å². The van der Waals surface area contributed by atoms with Crippen LogP contribution in [-0.2, 0) is 9.59 Å². The minimum atomic E-state index is -0.153. The van der Waals surface area contributed by atoms with Gasteiger partial charge in [0.2, 0.25) is 12.3 Å². The average Bonchev–Trinajstić information content (AvgIpc) is 2.14. The molecule has 8 heavy (non-hydrogen) atoms. The van der Waals surface area contributed by atoms with Crippen LogP contribution in [0.3, 0.4) is 0 Å². The molecular weight excluding hydrogens is 106 g/mol. The Morgan fingerprint density at radius 3 is 2.75 bits per heavy atom. The van der Waals surface area contributed by atoms with Gasteiger partial charge in [0.15, 0.2) is 0 Å². The molecule has 0 fully saturated rings. The van der Waals surface area contributed by atoms with E-state index in [1.807, 2.05) is 0 Å². The molecule has 1 aliphatic heterocycles. The van der Waals surface area contributed by atoms with Gasteiger partial charge in [-0.05, 0) is 0 Å². The Labute approximate surface area is 46.6 Å². The van der Waals surface area contributed by atoms with Gasteiger partial charge in [0.25, 0.3) is 0 Å². The average molecular weight is 111 g/mol. The van der Waals surface area contributed by atoms with Crippen molar-refractivity contribution in [3.8, 4) is 0 Å². The lowest BCUT2D eigenvalue weighted by Gasteiger charge is -1.98. The molecule has 0 aromatic heterocycles. The van der Waals surface area contributed by atoms with Crippen molar-refractivity contribution in [2.24, 2.45) is 0 Å². The van der Waals surface area contributed by atoms with E-state index in [-0.39, 0.29) is 5.91 Å². The fourth-order valence-corrected chi connectivity index (χ4v) is 0.550. The molecule has 0 aromatic rings. The summed E-state index contributed by atoms with van der Waals surface area (Å²) in [5, 5.41) is 0.